The molecule has 0 saturated carbocycles. The Hall–Kier alpha value is -4.42. The molecule has 5 heterocycles. The van der Waals surface area contributed by atoms with Gasteiger partial charge in [-0.05, 0) is 64.8 Å². The summed E-state index contributed by atoms with van der Waals surface area (Å²) in [5, 5.41) is 11.0. The van der Waals surface area contributed by atoms with E-state index >= 15 is 0 Å². The summed E-state index contributed by atoms with van der Waals surface area (Å²) in [6, 6.07) is 7.62. The average Bonchev–Trinajstić information content (AvgIpc) is 3.58. The van der Waals surface area contributed by atoms with Gasteiger partial charge in [0.05, 0.1) is 48.6 Å². The lowest BCUT2D eigenvalue weighted by Crippen LogP contribution is -2.35. The second-order valence-electron chi connectivity index (χ2n) is 11.4. The number of carbonyl (C=O) groups is 1. The van der Waals surface area contributed by atoms with Crippen molar-refractivity contribution >= 4 is 23.2 Å². The van der Waals surface area contributed by atoms with Gasteiger partial charge in [-0.25, -0.2) is 4.98 Å². The van der Waals surface area contributed by atoms with E-state index in [2.05, 4.69) is 32.7 Å². The molecule has 2 aliphatic heterocycles. The minimum absolute atomic E-state index is 0.167. The van der Waals surface area contributed by atoms with Gasteiger partial charge < -0.3 is 34.3 Å². The van der Waals surface area contributed by atoms with Gasteiger partial charge in [-0.1, -0.05) is 0 Å². The fourth-order valence-corrected chi connectivity index (χ4v) is 5.94. The highest BCUT2D eigenvalue weighted by molar-refractivity contribution is 6.06. The number of amides is 1. The summed E-state index contributed by atoms with van der Waals surface area (Å²) in [5.41, 5.74) is 5.68. The van der Waals surface area contributed by atoms with Gasteiger partial charge in [0.1, 0.15) is 23.4 Å². The maximum absolute atomic E-state index is 13.5. The first kappa shape index (κ1) is 29.6. The van der Waals surface area contributed by atoms with Crippen LogP contribution in [-0.4, -0.2) is 82.2 Å². The van der Waals surface area contributed by atoms with Crippen LogP contribution in [0.1, 0.15) is 45.8 Å². The second-order valence-corrected chi connectivity index (χ2v) is 11.4. The van der Waals surface area contributed by atoms with E-state index in [1.165, 1.54) is 0 Å². The number of carbonyl (C=O) groups excluding carboxylic acids is 1. The lowest BCUT2D eigenvalue weighted by molar-refractivity contribution is 0.102. The summed E-state index contributed by atoms with van der Waals surface area (Å²) >= 11 is 0. The van der Waals surface area contributed by atoms with Gasteiger partial charge >= 0.3 is 0 Å². The van der Waals surface area contributed by atoms with Crippen LogP contribution in [0.4, 0.5) is 17.3 Å². The molecule has 0 radical (unpaired) electrons. The van der Waals surface area contributed by atoms with E-state index < -0.39 is 0 Å². The third kappa shape index (κ3) is 6.00. The lowest BCUT2D eigenvalue weighted by Gasteiger charge is -2.29. The molecule has 44 heavy (non-hydrogen) atoms. The number of piperidine rings is 1. The minimum Gasteiger partial charge on any atom is -0.494 e. The number of nitrogens with one attached hydrogen (secondary N) is 2. The molecule has 12 heteroatoms. The number of fused-ring (bicyclic) bond motifs is 3. The molecule has 0 aliphatic carbocycles. The SMILES string of the molecule is COCCn1nc(C)c(NC(=O)c2ccn3c2CCc2cnc(Nc4ccc(OC5CCN(C)CC5)cc4OC)nc2-3)c1C. The topological polar surface area (TPSA) is 121 Å². The number of hydrogen-bond donors (Lipinski definition) is 2. The number of likely N-dealkylation sites (tertiary alicyclic amines) is 1. The lowest BCUT2D eigenvalue weighted by atomic mass is 10.0. The van der Waals surface area contributed by atoms with Crippen LogP contribution in [0.3, 0.4) is 0 Å². The van der Waals surface area contributed by atoms with Crippen LogP contribution < -0.4 is 20.1 Å². The molecule has 2 aliphatic rings. The molecule has 4 aromatic rings. The Kier molecular flexibility index (Phi) is 8.53. The van der Waals surface area contributed by atoms with E-state index in [4.69, 9.17) is 19.2 Å². The molecular formula is C32H40N8O4. The van der Waals surface area contributed by atoms with Crippen LogP contribution >= 0.6 is 0 Å². The third-order valence-corrected chi connectivity index (χ3v) is 8.45. The zero-order valence-corrected chi connectivity index (χ0v) is 26.0. The van der Waals surface area contributed by atoms with Crippen LogP contribution in [0.25, 0.3) is 5.82 Å². The van der Waals surface area contributed by atoms with Crippen molar-refractivity contribution in [2.45, 2.75) is 52.2 Å². The van der Waals surface area contributed by atoms with Crippen LogP contribution in [0.2, 0.25) is 0 Å². The van der Waals surface area contributed by atoms with Crippen molar-refractivity contribution in [1.29, 1.82) is 0 Å². The number of hydrogen-bond acceptors (Lipinski definition) is 9. The smallest absolute Gasteiger partial charge is 0.257 e. The number of methoxy groups -OCH3 is 2. The van der Waals surface area contributed by atoms with Crippen molar-refractivity contribution in [3.05, 3.63) is 64.9 Å². The minimum atomic E-state index is -0.167. The third-order valence-electron chi connectivity index (χ3n) is 8.45. The van der Waals surface area contributed by atoms with Crippen molar-refractivity contribution in [1.82, 2.24) is 29.2 Å². The van der Waals surface area contributed by atoms with Crippen LogP contribution in [0.5, 0.6) is 11.5 Å². The maximum atomic E-state index is 13.5. The number of aryl methyl sites for hydroxylation is 2. The van der Waals surface area contributed by atoms with E-state index in [1.807, 2.05) is 59.8 Å². The van der Waals surface area contributed by atoms with E-state index in [0.717, 1.165) is 77.9 Å². The molecule has 232 valence electrons. The van der Waals surface area contributed by atoms with Gasteiger partial charge in [0, 0.05) is 49.9 Å². The Labute approximate surface area is 257 Å². The monoisotopic (exact) mass is 600 g/mol. The zero-order chi connectivity index (χ0) is 30.8. The average molecular weight is 601 g/mol. The normalized spacial score (nSPS) is 15.0. The molecule has 2 N–H and O–H groups in total. The number of anilines is 3. The Bertz CT molecular complexity index is 1650. The maximum Gasteiger partial charge on any atom is 0.257 e. The Balaban J connectivity index is 1.19. The van der Waals surface area contributed by atoms with Gasteiger partial charge in [0.15, 0.2) is 0 Å². The second kappa shape index (κ2) is 12.7. The molecule has 6 rings (SSSR count). The van der Waals surface area contributed by atoms with E-state index in [0.29, 0.717) is 36.8 Å². The van der Waals surface area contributed by atoms with E-state index in [-0.39, 0.29) is 12.0 Å². The first-order chi connectivity index (χ1) is 21.3. The summed E-state index contributed by atoms with van der Waals surface area (Å²) in [7, 11) is 5.44. The summed E-state index contributed by atoms with van der Waals surface area (Å²) in [4.78, 5) is 25.2. The molecule has 3 aromatic heterocycles. The van der Waals surface area contributed by atoms with Gasteiger partial charge in [0.2, 0.25) is 5.95 Å². The van der Waals surface area contributed by atoms with Crippen LogP contribution in [0.15, 0.2) is 36.7 Å². The van der Waals surface area contributed by atoms with Crippen molar-refractivity contribution in [3.8, 4) is 17.3 Å². The molecule has 0 unspecified atom stereocenters. The number of benzene rings is 1. The Morgan fingerprint density at radius 2 is 1.93 bits per heavy atom. The molecular weight excluding hydrogens is 560 g/mol. The Morgan fingerprint density at radius 1 is 1.11 bits per heavy atom. The summed E-state index contributed by atoms with van der Waals surface area (Å²) in [6.07, 6.45) is 7.40. The molecule has 1 amide bonds. The number of rotatable bonds is 10. The van der Waals surface area contributed by atoms with Crippen molar-refractivity contribution in [3.63, 3.8) is 0 Å². The van der Waals surface area contributed by atoms with E-state index in [1.54, 1.807) is 14.2 Å². The molecule has 1 fully saturated rings. The summed E-state index contributed by atoms with van der Waals surface area (Å²) in [5.74, 6) is 2.45. The first-order valence-electron chi connectivity index (χ1n) is 15.1. The predicted molar refractivity (Wildman–Crippen MR) is 168 cm³/mol. The van der Waals surface area contributed by atoms with Gasteiger partial charge in [-0.3, -0.25) is 9.48 Å². The summed E-state index contributed by atoms with van der Waals surface area (Å²) in [6.45, 7) is 7.09. The summed E-state index contributed by atoms with van der Waals surface area (Å²) < 4.78 is 21.0. The van der Waals surface area contributed by atoms with Crippen LogP contribution in [0, 0.1) is 13.8 Å². The fraction of sp³-hybridized carbons (Fsp3) is 0.438. The largest absolute Gasteiger partial charge is 0.494 e. The molecule has 0 atom stereocenters. The highest BCUT2D eigenvalue weighted by atomic mass is 16.5. The van der Waals surface area contributed by atoms with Gasteiger partial charge in [-0.2, -0.15) is 10.1 Å². The Morgan fingerprint density at radius 3 is 2.70 bits per heavy atom. The molecule has 0 bridgehead atoms. The van der Waals surface area contributed by atoms with Gasteiger partial charge in [0.25, 0.3) is 5.91 Å². The van der Waals surface area contributed by atoms with Crippen LogP contribution in [-0.2, 0) is 24.1 Å². The molecule has 1 aromatic carbocycles. The quantitative estimate of drug-likeness (QED) is 0.274. The fourth-order valence-electron chi connectivity index (χ4n) is 5.94. The van der Waals surface area contributed by atoms with E-state index in [9.17, 15) is 4.79 Å². The standard InChI is InChI=1S/C32H40N8O4/c1-20-29(21(2)40(37-20)16-17-42-4)35-31(41)25-12-15-39-27(25)9-6-22-19-33-32(36-30(22)39)34-26-8-7-24(18-28(26)43-5)44-23-10-13-38(3)14-11-23/h7-8,12,15,18-19,23H,6,9-11,13-14,16-17H2,1-5H3,(H,35,41)(H,33,34,36). The van der Waals surface area contributed by atoms with Crippen molar-refractivity contribution in [2.24, 2.45) is 0 Å². The highest BCUT2D eigenvalue weighted by Gasteiger charge is 2.25. The molecule has 0 spiro atoms. The zero-order valence-electron chi connectivity index (χ0n) is 26.0. The number of aromatic nitrogens is 5. The predicted octanol–water partition coefficient (Wildman–Crippen LogP) is 4.30. The number of nitrogens with zero attached hydrogens (tertiary/aromatic N) is 6. The van der Waals surface area contributed by atoms with Crippen molar-refractivity contribution in [2.75, 3.05) is 51.6 Å². The first-order valence-corrected chi connectivity index (χ1v) is 15.1. The molecule has 12 nitrogen and oxygen atoms in total. The van der Waals surface area contributed by atoms with Crippen molar-refractivity contribution < 1.29 is 19.0 Å². The number of ether oxygens (including phenoxy) is 3. The molecule has 1 saturated heterocycles. The highest BCUT2D eigenvalue weighted by Crippen LogP contribution is 2.33. The van der Waals surface area contributed by atoms with Gasteiger partial charge in [-0.15, -0.1) is 0 Å².